The summed E-state index contributed by atoms with van der Waals surface area (Å²) in [6.07, 6.45) is 6.73. The van der Waals surface area contributed by atoms with Crippen molar-refractivity contribution in [1.82, 2.24) is 9.55 Å². The van der Waals surface area contributed by atoms with E-state index >= 15 is 0 Å². The Labute approximate surface area is 73.6 Å². The van der Waals surface area contributed by atoms with E-state index in [0.717, 1.165) is 6.42 Å². The Kier molecular flexibility index (Phi) is 3.14. The van der Waals surface area contributed by atoms with Crippen LogP contribution in [0.5, 0.6) is 0 Å². The number of anilines is 1. The van der Waals surface area contributed by atoms with Gasteiger partial charge in [-0.25, -0.2) is 4.98 Å². The Morgan fingerprint density at radius 3 is 2.75 bits per heavy atom. The summed E-state index contributed by atoms with van der Waals surface area (Å²) in [6, 6.07) is 0. The second kappa shape index (κ2) is 4.14. The average molecular weight is 167 g/mol. The number of nitrogen functional groups attached to an aromatic ring is 1. The summed E-state index contributed by atoms with van der Waals surface area (Å²) in [6.45, 7) is 2.21. The standard InChI is InChI=1S/C9H17N3/c1-3-4-5-6-8-7-11-9(10)12(8)2/h7H,3-6H2,1-2H3,(H2,10,11). The van der Waals surface area contributed by atoms with Crippen LogP contribution in [0.25, 0.3) is 0 Å². The molecular weight excluding hydrogens is 150 g/mol. The molecule has 12 heavy (non-hydrogen) atoms. The lowest BCUT2D eigenvalue weighted by molar-refractivity contribution is 0.688. The Morgan fingerprint density at radius 2 is 2.25 bits per heavy atom. The number of nitrogens with two attached hydrogens (primary N) is 1. The van der Waals surface area contributed by atoms with Gasteiger partial charge < -0.3 is 10.3 Å². The van der Waals surface area contributed by atoms with Crippen LogP contribution < -0.4 is 5.73 Å². The predicted octanol–water partition coefficient (Wildman–Crippen LogP) is 1.74. The van der Waals surface area contributed by atoms with Gasteiger partial charge in [-0.2, -0.15) is 0 Å². The summed E-state index contributed by atoms with van der Waals surface area (Å²) >= 11 is 0. The molecule has 0 aliphatic heterocycles. The zero-order valence-corrected chi connectivity index (χ0v) is 7.88. The van der Waals surface area contributed by atoms with Crippen LogP contribution in [0.1, 0.15) is 31.9 Å². The Bertz CT molecular complexity index is 240. The predicted molar refractivity (Wildman–Crippen MR) is 50.8 cm³/mol. The van der Waals surface area contributed by atoms with Crippen molar-refractivity contribution in [2.24, 2.45) is 7.05 Å². The van der Waals surface area contributed by atoms with Gasteiger partial charge in [0.05, 0.1) is 6.20 Å². The summed E-state index contributed by atoms with van der Waals surface area (Å²) < 4.78 is 1.95. The van der Waals surface area contributed by atoms with Crippen LogP contribution in [-0.2, 0) is 13.5 Å². The Hall–Kier alpha value is -0.990. The fourth-order valence-corrected chi connectivity index (χ4v) is 1.25. The number of aromatic nitrogens is 2. The fraction of sp³-hybridized carbons (Fsp3) is 0.667. The van der Waals surface area contributed by atoms with Crippen molar-refractivity contribution >= 4 is 5.95 Å². The van der Waals surface area contributed by atoms with Gasteiger partial charge in [0.15, 0.2) is 5.95 Å². The molecule has 0 bridgehead atoms. The molecule has 0 aliphatic carbocycles. The first-order valence-corrected chi connectivity index (χ1v) is 4.51. The Morgan fingerprint density at radius 1 is 1.50 bits per heavy atom. The third-order valence-corrected chi connectivity index (χ3v) is 2.16. The second-order valence-corrected chi connectivity index (χ2v) is 3.12. The summed E-state index contributed by atoms with van der Waals surface area (Å²) in [5, 5.41) is 0. The smallest absolute Gasteiger partial charge is 0.200 e. The lowest BCUT2D eigenvalue weighted by Crippen LogP contribution is -2.01. The zero-order valence-electron chi connectivity index (χ0n) is 7.88. The minimum Gasteiger partial charge on any atom is -0.369 e. The van der Waals surface area contributed by atoms with Crippen molar-refractivity contribution in [3.8, 4) is 0 Å². The maximum atomic E-state index is 5.60. The van der Waals surface area contributed by atoms with Crippen molar-refractivity contribution in [2.75, 3.05) is 5.73 Å². The number of nitrogens with zero attached hydrogens (tertiary/aromatic N) is 2. The molecule has 0 aliphatic rings. The molecule has 68 valence electrons. The van der Waals surface area contributed by atoms with Crippen LogP contribution in [-0.4, -0.2) is 9.55 Å². The van der Waals surface area contributed by atoms with Crippen molar-refractivity contribution in [2.45, 2.75) is 32.6 Å². The third kappa shape index (κ3) is 2.00. The Balaban J connectivity index is 2.46. The van der Waals surface area contributed by atoms with E-state index in [9.17, 15) is 0 Å². The molecule has 0 fully saturated rings. The first-order valence-electron chi connectivity index (χ1n) is 4.51. The van der Waals surface area contributed by atoms with E-state index in [1.807, 2.05) is 17.8 Å². The van der Waals surface area contributed by atoms with Gasteiger partial charge in [-0.05, 0) is 12.8 Å². The van der Waals surface area contributed by atoms with E-state index in [4.69, 9.17) is 5.73 Å². The monoisotopic (exact) mass is 167 g/mol. The lowest BCUT2D eigenvalue weighted by Gasteiger charge is -2.01. The van der Waals surface area contributed by atoms with Gasteiger partial charge >= 0.3 is 0 Å². The van der Waals surface area contributed by atoms with E-state index in [-0.39, 0.29) is 0 Å². The number of rotatable bonds is 4. The molecule has 0 atom stereocenters. The van der Waals surface area contributed by atoms with Crippen LogP contribution in [0.15, 0.2) is 6.20 Å². The molecule has 0 spiro atoms. The topological polar surface area (TPSA) is 43.8 Å². The summed E-state index contributed by atoms with van der Waals surface area (Å²) in [5.74, 6) is 0.612. The maximum Gasteiger partial charge on any atom is 0.200 e. The van der Waals surface area contributed by atoms with Crippen molar-refractivity contribution in [3.05, 3.63) is 11.9 Å². The highest BCUT2D eigenvalue weighted by atomic mass is 15.1. The van der Waals surface area contributed by atoms with Crippen LogP contribution in [0.2, 0.25) is 0 Å². The van der Waals surface area contributed by atoms with Gasteiger partial charge in [-0.3, -0.25) is 0 Å². The molecule has 0 aromatic carbocycles. The van der Waals surface area contributed by atoms with Crippen LogP contribution >= 0.6 is 0 Å². The molecule has 1 heterocycles. The highest BCUT2D eigenvalue weighted by molar-refractivity contribution is 5.21. The van der Waals surface area contributed by atoms with E-state index in [0.29, 0.717) is 5.95 Å². The number of aryl methyl sites for hydroxylation is 1. The molecule has 1 aromatic heterocycles. The van der Waals surface area contributed by atoms with Gasteiger partial charge in [0.2, 0.25) is 0 Å². The van der Waals surface area contributed by atoms with E-state index in [1.54, 1.807) is 0 Å². The first kappa shape index (κ1) is 9.10. The van der Waals surface area contributed by atoms with Gasteiger partial charge in [-0.15, -0.1) is 0 Å². The molecule has 1 aromatic rings. The summed E-state index contributed by atoms with van der Waals surface area (Å²) in [4.78, 5) is 4.04. The number of hydrogen-bond acceptors (Lipinski definition) is 2. The van der Waals surface area contributed by atoms with E-state index in [1.165, 1.54) is 25.0 Å². The normalized spacial score (nSPS) is 10.5. The number of hydrogen-bond donors (Lipinski definition) is 1. The van der Waals surface area contributed by atoms with Gasteiger partial charge in [0.1, 0.15) is 0 Å². The number of imidazole rings is 1. The lowest BCUT2D eigenvalue weighted by atomic mass is 10.2. The van der Waals surface area contributed by atoms with Crippen LogP contribution in [0, 0.1) is 0 Å². The van der Waals surface area contributed by atoms with Gasteiger partial charge in [0, 0.05) is 12.7 Å². The zero-order chi connectivity index (χ0) is 8.97. The van der Waals surface area contributed by atoms with E-state index in [2.05, 4.69) is 11.9 Å². The molecule has 1 rings (SSSR count). The van der Waals surface area contributed by atoms with Gasteiger partial charge in [0.25, 0.3) is 0 Å². The molecular formula is C9H17N3. The van der Waals surface area contributed by atoms with Gasteiger partial charge in [-0.1, -0.05) is 19.8 Å². The quantitative estimate of drug-likeness (QED) is 0.694. The van der Waals surface area contributed by atoms with Crippen LogP contribution in [0.4, 0.5) is 5.95 Å². The molecule has 0 saturated heterocycles. The highest BCUT2D eigenvalue weighted by Gasteiger charge is 2.01. The van der Waals surface area contributed by atoms with Crippen molar-refractivity contribution in [3.63, 3.8) is 0 Å². The minimum atomic E-state index is 0.612. The fourth-order valence-electron chi connectivity index (χ4n) is 1.25. The molecule has 0 unspecified atom stereocenters. The molecule has 0 saturated carbocycles. The van der Waals surface area contributed by atoms with Crippen molar-refractivity contribution in [1.29, 1.82) is 0 Å². The molecule has 3 nitrogen and oxygen atoms in total. The molecule has 0 amide bonds. The third-order valence-electron chi connectivity index (χ3n) is 2.16. The largest absolute Gasteiger partial charge is 0.369 e. The second-order valence-electron chi connectivity index (χ2n) is 3.12. The average Bonchev–Trinajstić information content (AvgIpc) is 2.36. The van der Waals surface area contributed by atoms with Crippen molar-refractivity contribution < 1.29 is 0 Å². The van der Waals surface area contributed by atoms with E-state index < -0.39 is 0 Å². The first-order chi connectivity index (χ1) is 5.75. The molecule has 2 N–H and O–H groups in total. The minimum absolute atomic E-state index is 0.612. The highest BCUT2D eigenvalue weighted by Crippen LogP contribution is 2.08. The molecule has 3 heteroatoms. The summed E-state index contributed by atoms with van der Waals surface area (Å²) in [7, 11) is 1.96. The van der Waals surface area contributed by atoms with Crippen LogP contribution in [0.3, 0.4) is 0 Å². The number of unbranched alkanes of at least 4 members (excludes halogenated alkanes) is 2. The molecule has 0 radical (unpaired) electrons. The summed E-state index contributed by atoms with van der Waals surface area (Å²) in [5.41, 5.74) is 6.83. The maximum absolute atomic E-state index is 5.60. The SMILES string of the molecule is CCCCCc1cnc(N)n1C.